The molecular weight excluding hydrogens is 299 g/mol. The molecule has 2 N–H and O–H groups in total. The van der Waals surface area contributed by atoms with Crippen molar-refractivity contribution < 1.29 is 12.8 Å². The summed E-state index contributed by atoms with van der Waals surface area (Å²) in [5.41, 5.74) is 5.37. The zero-order valence-corrected chi connectivity index (χ0v) is 12.8. The van der Waals surface area contributed by atoms with Crippen molar-refractivity contribution in [2.24, 2.45) is 5.73 Å². The maximum atomic E-state index is 13.5. The molecule has 0 aliphatic heterocycles. The summed E-state index contributed by atoms with van der Waals surface area (Å²) in [7, 11) is -2.08. The van der Waals surface area contributed by atoms with Crippen LogP contribution < -0.4 is 5.73 Å². The standard InChI is InChI=1S/C13H17FN2O2S2/c1-16(9-4-2-3-5-9)20(17,18)10-6-7-12(14)11(8-10)13(15)19/h6-9H,2-5H2,1H3,(H2,15,19). The van der Waals surface area contributed by atoms with E-state index in [9.17, 15) is 12.8 Å². The van der Waals surface area contributed by atoms with E-state index in [2.05, 4.69) is 0 Å². The fourth-order valence-corrected chi connectivity index (χ4v) is 4.08. The van der Waals surface area contributed by atoms with E-state index < -0.39 is 15.8 Å². The normalized spacial score (nSPS) is 16.8. The first-order valence-corrected chi connectivity index (χ1v) is 8.26. The van der Waals surface area contributed by atoms with Crippen molar-refractivity contribution in [2.75, 3.05) is 7.05 Å². The fraction of sp³-hybridized carbons (Fsp3) is 0.462. The van der Waals surface area contributed by atoms with Crippen molar-refractivity contribution in [3.05, 3.63) is 29.6 Å². The van der Waals surface area contributed by atoms with E-state index in [1.54, 1.807) is 7.05 Å². The Hall–Kier alpha value is -1.05. The van der Waals surface area contributed by atoms with Crippen LogP contribution in [0, 0.1) is 5.82 Å². The number of nitrogens with zero attached hydrogens (tertiary/aromatic N) is 1. The molecule has 0 bridgehead atoms. The second kappa shape index (κ2) is 5.75. The minimum absolute atomic E-state index is 0.0123. The Labute approximate surface area is 123 Å². The third-order valence-electron chi connectivity index (χ3n) is 3.72. The van der Waals surface area contributed by atoms with Crippen molar-refractivity contribution in [3.63, 3.8) is 0 Å². The van der Waals surface area contributed by atoms with Gasteiger partial charge >= 0.3 is 0 Å². The Bertz CT molecular complexity index is 625. The molecule has 0 unspecified atom stereocenters. The smallest absolute Gasteiger partial charge is 0.243 e. The minimum Gasteiger partial charge on any atom is -0.389 e. The summed E-state index contributed by atoms with van der Waals surface area (Å²) >= 11 is 4.73. The van der Waals surface area contributed by atoms with Crippen LogP contribution in [0.3, 0.4) is 0 Å². The number of hydrogen-bond donors (Lipinski definition) is 1. The van der Waals surface area contributed by atoms with Crippen LogP contribution in [0.1, 0.15) is 31.2 Å². The van der Waals surface area contributed by atoms with Crippen LogP contribution in [0.25, 0.3) is 0 Å². The van der Waals surface area contributed by atoms with Gasteiger partial charge in [-0.1, -0.05) is 25.1 Å². The average Bonchev–Trinajstić information content (AvgIpc) is 2.91. The second-order valence-corrected chi connectivity index (χ2v) is 7.40. The van der Waals surface area contributed by atoms with Gasteiger partial charge in [-0.15, -0.1) is 0 Å². The van der Waals surface area contributed by atoms with Gasteiger partial charge in [0.05, 0.1) is 4.90 Å². The highest BCUT2D eigenvalue weighted by Crippen LogP contribution is 2.27. The number of hydrogen-bond acceptors (Lipinski definition) is 3. The van der Waals surface area contributed by atoms with Crippen molar-refractivity contribution in [1.82, 2.24) is 4.31 Å². The maximum absolute atomic E-state index is 13.5. The number of nitrogens with two attached hydrogens (primary N) is 1. The number of rotatable bonds is 4. The van der Waals surface area contributed by atoms with E-state index in [0.29, 0.717) is 0 Å². The highest BCUT2D eigenvalue weighted by Gasteiger charge is 2.30. The highest BCUT2D eigenvalue weighted by molar-refractivity contribution is 7.89. The predicted octanol–water partition coefficient (Wildman–Crippen LogP) is 2.02. The summed E-state index contributed by atoms with van der Waals surface area (Å²) in [6.07, 6.45) is 3.79. The molecule has 7 heteroatoms. The largest absolute Gasteiger partial charge is 0.389 e. The monoisotopic (exact) mass is 316 g/mol. The fourth-order valence-electron chi connectivity index (χ4n) is 2.48. The molecule has 110 valence electrons. The molecule has 1 fully saturated rings. The van der Waals surface area contributed by atoms with Crippen LogP contribution in [0.2, 0.25) is 0 Å². The lowest BCUT2D eigenvalue weighted by Crippen LogP contribution is -2.35. The summed E-state index contributed by atoms with van der Waals surface area (Å²) in [4.78, 5) is -0.126. The number of halogens is 1. The van der Waals surface area contributed by atoms with Gasteiger partial charge in [-0.25, -0.2) is 12.8 Å². The molecule has 0 atom stereocenters. The van der Waals surface area contributed by atoms with Gasteiger partial charge in [0.15, 0.2) is 0 Å². The van der Waals surface area contributed by atoms with Gasteiger partial charge in [-0.05, 0) is 31.0 Å². The lowest BCUT2D eigenvalue weighted by molar-refractivity contribution is 0.373. The Balaban J connectivity index is 2.38. The van der Waals surface area contributed by atoms with E-state index in [-0.39, 0.29) is 21.5 Å². The van der Waals surface area contributed by atoms with E-state index in [4.69, 9.17) is 18.0 Å². The predicted molar refractivity (Wildman–Crippen MR) is 79.5 cm³/mol. The maximum Gasteiger partial charge on any atom is 0.243 e. The Morgan fingerprint density at radius 2 is 2.00 bits per heavy atom. The van der Waals surface area contributed by atoms with Gasteiger partial charge in [0.25, 0.3) is 0 Å². The van der Waals surface area contributed by atoms with Gasteiger partial charge in [0.2, 0.25) is 10.0 Å². The molecule has 1 aliphatic carbocycles. The van der Waals surface area contributed by atoms with Crippen molar-refractivity contribution in [3.8, 4) is 0 Å². The van der Waals surface area contributed by atoms with Gasteiger partial charge in [0, 0.05) is 18.7 Å². The molecule has 0 radical (unpaired) electrons. The van der Waals surface area contributed by atoms with Gasteiger partial charge in [-0.2, -0.15) is 4.31 Å². The molecule has 0 aromatic heterocycles. The second-order valence-electron chi connectivity index (χ2n) is 4.97. The third kappa shape index (κ3) is 2.84. The summed E-state index contributed by atoms with van der Waals surface area (Å²) in [6, 6.07) is 3.55. The van der Waals surface area contributed by atoms with E-state index in [1.165, 1.54) is 16.4 Å². The molecule has 0 spiro atoms. The third-order valence-corrected chi connectivity index (χ3v) is 5.85. The minimum atomic E-state index is -3.64. The molecule has 0 amide bonds. The van der Waals surface area contributed by atoms with Crippen LogP contribution in [0.5, 0.6) is 0 Å². The summed E-state index contributed by atoms with van der Waals surface area (Å²) in [5, 5.41) is 0. The molecule has 1 aromatic rings. The van der Waals surface area contributed by atoms with Crippen LogP contribution in [-0.4, -0.2) is 30.8 Å². The summed E-state index contributed by atoms with van der Waals surface area (Å²) < 4.78 is 40.0. The van der Waals surface area contributed by atoms with Crippen LogP contribution in [-0.2, 0) is 10.0 Å². The molecule has 4 nitrogen and oxygen atoms in total. The number of thiocarbonyl (C=S) groups is 1. The van der Waals surface area contributed by atoms with E-state index in [1.807, 2.05) is 0 Å². The molecule has 2 rings (SSSR count). The Kier molecular flexibility index (Phi) is 4.41. The lowest BCUT2D eigenvalue weighted by Gasteiger charge is -2.23. The quantitative estimate of drug-likeness (QED) is 0.863. The number of sulfonamides is 1. The zero-order chi connectivity index (χ0) is 14.9. The van der Waals surface area contributed by atoms with E-state index in [0.717, 1.165) is 31.7 Å². The topological polar surface area (TPSA) is 63.4 Å². The van der Waals surface area contributed by atoms with Gasteiger partial charge < -0.3 is 5.73 Å². The first-order chi connectivity index (χ1) is 9.34. The SMILES string of the molecule is CN(C1CCCC1)S(=O)(=O)c1ccc(F)c(C(N)=S)c1. The molecule has 1 saturated carbocycles. The van der Waals surface area contributed by atoms with Crippen LogP contribution >= 0.6 is 12.2 Å². The lowest BCUT2D eigenvalue weighted by atomic mass is 10.2. The Morgan fingerprint density at radius 1 is 1.40 bits per heavy atom. The molecular formula is C13H17FN2O2S2. The number of benzene rings is 1. The van der Waals surface area contributed by atoms with Gasteiger partial charge in [-0.3, -0.25) is 0 Å². The first-order valence-electron chi connectivity index (χ1n) is 6.41. The first kappa shape index (κ1) is 15.3. The molecule has 1 aliphatic rings. The summed E-state index contributed by atoms with van der Waals surface area (Å²) in [6.45, 7) is 0. The van der Waals surface area contributed by atoms with Crippen molar-refractivity contribution >= 4 is 27.2 Å². The summed E-state index contributed by atoms with van der Waals surface area (Å²) in [5.74, 6) is -0.611. The average molecular weight is 316 g/mol. The van der Waals surface area contributed by atoms with Crippen LogP contribution in [0.4, 0.5) is 4.39 Å². The zero-order valence-electron chi connectivity index (χ0n) is 11.2. The van der Waals surface area contributed by atoms with Crippen molar-refractivity contribution in [2.45, 2.75) is 36.6 Å². The molecule has 0 heterocycles. The molecule has 0 saturated heterocycles. The van der Waals surface area contributed by atoms with Gasteiger partial charge in [0.1, 0.15) is 10.8 Å². The Morgan fingerprint density at radius 3 is 2.55 bits per heavy atom. The molecule has 1 aromatic carbocycles. The van der Waals surface area contributed by atoms with Crippen LogP contribution in [0.15, 0.2) is 23.1 Å². The van der Waals surface area contributed by atoms with E-state index >= 15 is 0 Å². The van der Waals surface area contributed by atoms with Crippen molar-refractivity contribution in [1.29, 1.82) is 0 Å². The molecule has 20 heavy (non-hydrogen) atoms. The highest BCUT2D eigenvalue weighted by atomic mass is 32.2.